The van der Waals surface area contributed by atoms with Crippen LogP contribution in [0.3, 0.4) is 0 Å². The molecule has 1 aromatic rings. The summed E-state index contributed by atoms with van der Waals surface area (Å²) in [6.45, 7) is 0.486. The SMILES string of the molecule is CN(C)C(=O)CCCOc1ccc(N)c(Cl)c1. The van der Waals surface area contributed by atoms with E-state index in [0.29, 0.717) is 35.9 Å². The fourth-order valence-electron chi connectivity index (χ4n) is 1.23. The van der Waals surface area contributed by atoms with E-state index in [9.17, 15) is 4.79 Å². The van der Waals surface area contributed by atoms with Crippen molar-refractivity contribution in [3.63, 3.8) is 0 Å². The van der Waals surface area contributed by atoms with Gasteiger partial charge < -0.3 is 15.4 Å². The third-order valence-electron chi connectivity index (χ3n) is 2.27. The maximum Gasteiger partial charge on any atom is 0.222 e. The molecule has 4 nitrogen and oxygen atoms in total. The van der Waals surface area contributed by atoms with Crippen LogP contribution in [0.2, 0.25) is 5.02 Å². The quantitative estimate of drug-likeness (QED) is 0.649. The molecule has 1 rings (SSSR count). The van der Waals surface area contributed by atoms with Crippen molar-refractivity contribution in [2.24, 2.45) is 0 Å². The molecule has 0 aromatic heterocycles. The normalized spacial score (nSPS) is 10.1. The number of hydrogen-bond acceptors (Lipinski definition) is 3. The van der Waals surface area contributed by atoms with E-state index in [1.807, 2.05) is 0 Å². The monoisotopic (exact) mass is 256 g/mol. The number of nitrogens with zero attached hydrogens (tertiary/aromatic N) is 1. The fraction of sp³-hybridized carbons (Fsp3) is 0.417. The highest BCUT2D eigenvalue weighted by atomic mass is 35.5. The van der Waals surface area contributed by atoms with Gasteiger partial charge in [0.05, 0.1) is 17.3 Å². The summed E-state index contributed by atoms with van der Waals surface area (Å²) >= 11 is 5.85. The molecule has 1 amide bonds. The number of halogens is 1. The van der Waals surface area contributed by atoms with Crippen molar-refractivity contribution in [3.05, 3.63) is 23.2 Å². The Balaban J connectivity index is 2.31. The van der Waals surface area contributed by atoms with Gasteiger partial charge in [-0.15, -0.1) is 0 Å². The molecule has 0 heterocycles. The van der Waals surface area contributed by atoms with Gasteiger partial charge in [-0.3, -0.25) is 4.79 Å². The van der Waals surface area contributed by atoms with Crippen LogP contribution in [0.5, 0.6) is 5.75 Å². The highest BCUT2D eigenvalue weighted by Gasteiger charge is 2.04. The highest BCUT2D eigenvalue weighted by Crippen LogP contribution is 2.24. The van der Waals surface area contributed by atoms with Crippen LogP contribution < -0.4 is 10.5 Å². The maximum atomic E-state index is 11.3. The lowest BCUT2D eigenvalue weighted by atomic mass is 10.3. The van der Waals surface area contributed by atoms with Crippen LogP contribution in [0.15, 0.2) is 18.2 Å². The Kier molecular flexibility index (Phi) is 5.10. The Morgan fingerprint density at radius 3 is 2.76 bits per heavy atom. The minimum atomic E-state index is 0.101. The summed E-state index contributed by atoms with van der Waals surface area (Å²) in [5.74, 6) is 0.769. The molecule has 0 unspecified atom stereocenters. The topological polar surface area (TPSA) is 55.6 Å². The summed E-state index contributed by atoms with van der Waals surface area (Å²) in [4.78, 5) is 12.9. The van der Waals surface area contributed by atoms with Crippen molar-refractivity contribution in [1.82, 2.24) is 4.90 Å². The van der Waals surface area contributed by atoms with Crippen molar-refractivity contribution in [2.45, 2.75) is 12.8 Å². The van der Waals surface area contributed by atoms with E-state index in [4.69, 9.17) is 22.1 Å². The van der Waals surface area contributed by atoms with Gasteiger partial charge >= 0.3 is 0 Å². The Morgan fingerprint density at radius 2 is 2.18 bits per heavy atom. The van der Waals surface area contributed by atoms with E-state index in [0.717, 1.165) is 0 Å². The van der Waals surface area contributed by atoms with Crippen LogP contribution in [-0.2, 0) is 4.79 Å². The molecule has 17 heavy (non-hydrogen) atoms. The van der Waals surface area contributed by atoms with Crippen molar-refractivity contribution in [1.29, 1.82) is 0 Å². The zero-order valence-electron chi connectivity index (χ0n) is 10.1. The number of amides is 1. The van der Waals surface area contributed by atoms with Crippen LogP contribution in [0.4, 0.5) is 5.69 Å². The van der Waals surface area contributed by atoms with Gasteiger partial charge in [0.1, 0.15) is 5.75 Å². The van der Waals surface area contributed by atoms with Crippen molar-refractivity contribution in [2.75, 3.05) is 26.4 Å². The molecule has 94 valence electrons. The first-order chi connectivity index (χ1) is 8.00. The molecule has 2 N–H and O–H groups in total. The van der Waals surface area contributed by atoms with E-state index < -0.39 is 0 Å². The molecular weight excluding hydrogens is 240 g/mol. The van der Waals surface area contributed by atoms with Crippen molar-refractivity contribution in [3.8, 4) is 5.75 Å². The van der Waals surface area contributed by atoms with Gasteiger partial charge in [-0.05, 0) is 18.6 Å². The summed E-state index contributed by atoms with van der Waals surface area (Å²) in [6.07, 6.45) is 1.16. The first-order valence-corrected chi connectivity index (χ1v) is 5.76. The number of rotatable bonds is 5. The molecule has 0 saturated heterocycles. The molecule has 0 bridgehead atoms. The lowest BCUT2D eigenvalue weighted by Gasteiger charge is -2.10. The summed E-state index contributed by atoms with van der Waals surface area (Å²) < 4.78 is 5.46. The van der Waals surface area contributed by atoms with Crippen molar-refractivity contribution >= 4 is 23.2 Å². The largest absolute Gasteiger partial charge is 0.494 e. The molecule has 0 aliphatic heterocycles. The first kappa shape index (κ1) is 13.6. The molecular formula is C12H17ClN2O2. The minimum absolute atomic E-state index is 0.101. The first-order valence-electron chi connectivity index (χ1n) is 5.38. The molecule has 0 saturated carbocycles. The standard InChI is InChI=1S/C12H17ClN2O2/c1-15(2)12(16)4-3-7-17-9-5-6-11(14)10(13)8-9/h5-6,8H,3-4,7,14H2,1-2H3. The molecule has 0 aliphatic carbocycles. The predicted molar refractivity (Wildman–Crippen MR) is 69.3 cm³/mol. The molecule has 1 aromatic carbocycles. The van der Waals surface area contributed by atoms with E-state index in [2.05, 4.69) is 0 Å². The Morgan fingerprint density at radius 1 is 1.47 bits per heavy atom. The second kappa shape index (κ2) is 6.35. The molecule has 0 spiro atoms. The van der Waals surface area contributed by atoms with E-state index >= 15 is 0 Å². The smallest absolute Gasteiger partial charge is 0.222 e. The maximum absolute atomic E-state index is 11.3. The lowest BCUT2D eigenvalue weighted by molar-refractivity contribution is -0.128. The Hall–Kier alpha value is -1.42. The summed E-state index contributed by atoms with van der Waals surface area (Å²) in [7, 11) is 3.48. The van der Waals surface area contributed by atoms with Gasteiger partial charge in [-0.2, -0.15) is 0 Å². The van der Waals surface area contributed by atoms with E-state index in [-0.39, 0.29) is 5.91 Å². The van der Waals surface area contributed by atoms with Crippen LogP contribution >= 0.6 is 11.6 Å². The van der Waals surface area contributed by atoms with E-state index in [1.165, 1.54) is 0 Å². The number of anilines is 1. The van der Waals surface area contributed by atoms with Gasteiger partial charge in [0.2, 0.25) is 5.91 Å². The van der Waals surface area contributed by atoms with Gasteiger partial charge in [-0.25, -0.2) is 0 Å². The van der Waals surface area contributed by atoms with Crippen LogP contribution in [0.25, 0.3) is 0 Å². The number of hydrogen-bond donors (Lipinski definition) is 1. The average Bonchev–Trinajstić information content (AvgIpc) is 2.28. The number of nitrogens with two attached hydrogens (primary N) is 1. The number of carbonyl (C=O) groups is 1. The predicted octanol–water partition coefficient (Wildman–Crippen LogP) is 2.17. The van der Waals surface area contributed by atoms with Crippen molar-refractivity contribution < 1.29 is 9.53 Å². The number of nitrogen functional groups attached to an aromatic ring is 1. The molecule has 0 aliphatic rings. The number of carbonyl (C=O) groups excluding carboxylic acids is 1. The summed E-state index contributed by atoms with van der Waals surface area (Å²) in [5, 5.41) is 0.479. The van der Waals surface area contributed by atoms with Crippen LogP contribution in [0.1, 0.15) is 12.8 Å². The molecule has 0 radical (unpaired) electrons. The average molecular weight is 257 g/mol. The number of ether oxygens (including phenoxy) is 1. The number of benzene rings is 1. The Bertz CT molecular complexity index is 394. The lowest BCUT2D eigenvalue weighted by Crippen LogP contribution is -2.21. The van der Waals surface area contributed by atoms with Gasteiger partial charge in [-0.1, -0.05) is 11.6 Å². The fourth-order valence-corrected chi connectivity index (χ4v) is 1.41. The second-order valence-electron chi connectivity index (χ2n) is 3.92. The molecule has 0 atom stereocenters. The summed E-state index contributed by atoms with van der Waals surface area (Å²) in [6, 6.07) is 5.13. The third kappa shape index (κ3) is 4.53. The zero-order chi connectivity index (χ0) is 12.8. The van der Waals surface area contributed by atoms with Gasteiger partial charge in [0.15, 0.2) is 0 Å². The van der Waals surface area contributed by atoms with Gasteiger partial charge in [0.25, 0.3) is 0 Å². The van der Waals surface area contributed by atoms with Gasteiger partial charge in [0, 0.05) is 26.6 Å². The minimum Gasteiger partial charge on any atom is -0.494 e. The molecule has 5 heteroatoms. The second-order valence-corrected chi connectivity index (χ2v) is 4.33. The van der Waals surface area contributed by atoms with Crippen LogP contribution in [-0.4, -0.2) is 31.5 Å². The summed E-state index contributed by atoms with van der Waals surface area (Å²) in [5.41, 5.74) is 6.11. The highest BCUT2D eigenvalue weighted by molar-refractivity contribution is 6.33. The van der Waals surface area contributed by atoms with E-state index in [1.54, 1.807) is 37.2 Å². The third-order valence-corrected chi connectivity index (χ3v) is 2.60. The van der Waals surface area contributed by atoms with Crippen LogP contribution in [0, 0.1) is 0 Å². The molecule has 0 fully saturated rings. The zero-order valence-corrected chi connectivity index (χ0v) is 10.8. The Labute approximate surface area is 106 Å².